The Bertz CT molecular complexity index is 519. The van der Waals surface area contributed by atoms with Gasteiger partial charge in [-0.3, -0.25) is 4.79 Å². The summed E-state index contributed by atoms with van der Waals surface area (Å²) < 4.78 is 0. The van der Waals surface area contributed by atoms with Gasteiger partial charge in [0.15, 0.2) is 0 Å². The molecule has 2 N–H and O–H groups in total. The molecule has 2 unspecified atom stereocenters. The highest BCUT2D eigenvalue weighted by atomic mass is 35.5. The number of fused-ring (bicyclic) bond motifs is 1. The second-order valence-electron chi connectivity index (χ2n) is 7.43. The molecule has 25 heavy (non-hydrogen) atoms. The van der Waals surface area contributed by atoms with Gasteiger partial charge in [-0.05, 0) is 69.9 Å². The van der Waals surface area contributed by atoms with Crippen molar-refractivity contribution in [3.8, 4) is 0 Å². The fourth-order valence-electron chi connectivity index (χ4n) is 3.88. The number of halogens is 1. The normalized spacial score (nSPS) is 21.1. The number of rotatable bonds is 7. The molecule has 1 aromatic rings. The van der Waals surface area contributed by atoms with Crippen molar-refractivity contribution in [1.82, 2.24) is 15.6 Å². The van der Waals surface area contributed by atoms with E-state index in [2.05, 4.69) is 17.6 Å². The highest BCUT2D eigenvalue weighted by Crippen LogP contribution is 2.27. The highest BCUT2D eigenvalue weighted by molar-refractivity contribution is 7.11. The van der Waals surface area contributed by atoms with E-state index in [1.807, 2.05) is 11.3 Å². The van der Waals surface area contributed by atoms with E-state index in [1.54, 1.807) is 0 Å². The molecule has 1 fully saturated rings. The molecule has 2 aliphatic rings. The molecule has 0 radical (unpaired) electrons. The number of carbonyl (C=O) groups excluding carboxylic acids is 1. The van der Waals surface area contributed by atoms with Crippen LogP contribution >= 0.6 is 23.7 Å². The van der Waals surface area contributed by atoms with Crippen LogP contribution in [-0.2, 0) is 24.1 Å². The SMILES string of the molecule is CC(CC(=O)NCCCc1nc2c(s1)CCCC2)C1CCCNC1.Cl. The standard InChI is InChI=1S/C19H31N3OS.ClH/c1-14(15-6-4-10-20-13-15)12-18(23)21-11-5-9-19-22-16-7-2-3-8-17(16)24-19;/h14-15,20H,2-13H2,1H3,(H,21,23);1H. The van der Waals surface area contributed by atoms with Gasteiger partial charge in [0, 0.05) is 24.3 Å². The maximum absolute atomic E-state index is 12.1. The van der Waals surface area contributed by atoms with Crippen LogP contribution in [0.4, 0.5) is 0 Å². The number of thiazole rings is 1. The Morgan fingerprint density at radius 3 is 2.96 bits per heavy atom. The van der Waals surface area contributed by atoms with Gasteiger partial charge in [-0.1, -0.05) is 6.92 Å². The zero-order chi connectivity index (χ0) is 16.8. The molecule has 1 saturated heterocycles. The molecule has 0 aromatic carbocycles. The van der Waals surface area contributed by atoms with Gasteiger partial charge in [0.1, 0.15) is 0 Å². The molecule has 0 spiro atoms. The van der Waals surface area contributed by atoms with E-state index in [4.69, 9.17) is 4.98 Å². The van der Waals surface area contributed by atoms with Crippen LogP contribution in [0.15, 0.2) is 0 Å². The van der Waals surface area contributed by atoms with Crippen LogP contribution in [0.1, 0.15) is 61.0 Å². The highest BCUT2D eigenvalue weighted by Gasteiger charge is 2.21. The number of aryl methyl sites for hydroxylation is 3. The molecule has 2 heterocycles. The van der Waals surface area contributed by atoms with Gasteiger partial charge in [-0.25, -0.2) is 4.98 Å². The summed E-state index contributed by atoms with van der Waals surface area (Å²) in [6.07, 6.45) is 10.2. The van der Waals surface area contributed by atoms with Crippen molar-refractivity contribution in [2.75, 3.05) is 19.6 Å². The smallest absolute Gasteiger partial charge is 0.220 e. The Labute approximate surface area is 162 Å². The third-order valence-electron chi connectivity index (χ3n) is 5.43. The Morgan fingerprint density at radius 1 is 1.36 bits per heavy atom. The fourth-order valence-corrected chi connectivity index (χ4v) is 5.07. The summed E-state index contributed by atoms with van der Waals surface area (Å²) in [6.45, 7) is 5.20. The molecule has 1 aromatic heterocycles. The summed E-state index contributed by atoms with van der Waals surface area (Å²) in [7, 11) is 0. The molecule has 4 nitrogen and oxygen atoms in total. The van der Waals surface area contributed by atoms with Crippen molar-refractivity contribution in [2.45, 2.75) is 64.7 Å². The lowest BCUT2D eigenvalue weighted by Crippen LogP contribution is -2.35. The van der Waals surface area contributed by atoms with Crippen LogP contribution in [0.2, 0.25) is 0 Å². The van der Waals surface area contributed by atoms with Crippen LogP contribution in [0.3, 0.4) is 0 Å². The minimum Gasteiger partial charge on any atom is -0.356 e. The van der Waals surface area contributed by atoms with Gasteiger partial charge in [0.25, 0.3) is 0 Å². The molecule has 1 amide bonds. The third-order valence-corrected chi connectivity index (χ3v) is 6.64. The van der Waals surface area contributed by atoms with Crippen molar-refractivity contribution in [1.29, 1.82) is 0 Å². The Hall–Kier alpha value is -0.650. The van der Waals surface area contributed by atoms with Gasteiger partial charge >= 0.3 is 0 Å². The molecule has 1 aliphatic heterocycles. The fraction of sp³-hybridized carbons (Fsp3) is 0.789. The molecule has 3 rings (SSSR count). The lowest BCUT2D eigenvalue weighted by atomic mass is 9.85. The number of nitrogens with one attached hydrogen (secondary N) is 2. The van der Waals surface area contributed by atoms with Crippen LogP contribution in [0.5, 0.6) is 0 Å². The average molecular weight is 386 g/mol. The van der Waals surface area contributed by atoms with Crippen LogP contribution < -0.4 is 10.6 Å². The minimum absolute atomic E-state index is 0. The largest absolute Gasteiger partial charge is 0.356 e. The lowest BCUT2D eigenvalue weighted by Gasteiger charge is -2.28. The molecule has 0 saturated carbocycles. The Balaban J connectivity index is 0.00000225. The van der Waals surface area contributed by atoms with Crippen LogP contribution in [0, 0.1) is 11.8 Å². The monoisotopic (exact) mass is 385 g/mol. The third kappa shape index (κ3) is 6.22. The van der Waals surface area contributed by atoms with Gasteiger partial charge in [0.05, 0.1) is 10.7 Å². The van der Waals surface area contributed by atoms with Gasteiger partial charge in [-0.2, -0.15) is 0 Å². The van der Waals surface area contributed by atoms with E-state index < -0.39 is 0 Å². The summed E-state index contributed by atoms with van der Waals surface area (Å²) in [6, 6.07) is 0. The van der Waals surface area contributed by atoms with Crippen molar-refractivity contribution < 1.29 is 4.79 Å². The maximum atomic E-state index is 12.1. The molecular formula is C19H32ClN3OS. The number of carbonyl (C=O) groups is 1. The number of nitrogens with zero attached hydrogens (tertiary/aromatic N) is 1. The van der Waals surface area contributed by atoms with E-state index in [-0.39, 0.29) is 18.3 Å². The second-order valence-corrected chi connectivity index (χ2v) is 8.59. The molecule has 0 bridgehead atoms. The summed E-state index contributed by atoms with van der Waals surface area (Å²) >= 11 is 1.89. The topological polar surface area (TPSA) is 54.0 Å². The van der Waals surface area contributed by atoms with Gasteiger partial charge in [0.2, 0.25) is 5.91 Å². The van der Waals surface area contributed by atoms with Gasteiger partial charge in [-0.15, -0.1) is 23.7 Å². The minimum atomic E-state index is 0. The van der Waals surface area contributed by atoms with E-state index in [0.717, 1.165) is 38.9 Å². The van der Waals surface area contributed by atoms with Crippen LogP contribution in [0.25, 0.3) is 0 Å². The first-order valence-corrected chi connectivity index (χ1v) is 10.5. The van der Waals surface area contributed by atoms with Crippen LogP contribution in [-0.4, -0.2) is 30.5 Å². The van der Waals surface area contributed by atoms with E-state index >= 15 is 0 Å². The zero-order valence-corrected chi connectivity index (χ0v) is 16.9. The lowest BCUT2D eigenvalue weighted by molar-refractivity contribution is -0.122. The molecule has 6 heteroatoms. The first-order valence-electron chi connectivity index (χ1n) is 9.67. The number of aromatic nitrogens is 1. The summed E-state index contributed by atoms with van der Waals surface area (Å²) in [5.41, 5.74) is 1.35. The first kappa shape index (κ1) is 20.7. The Morgan fingerprint density at radius 2 is 2.20 bits per heavy atom. The molecule has 2 atom stereocenters. The van der Waals surface area contributed by atoms with Gasteiger partial charge < -0.3 is 10.6 Å². The summed E-state index contributed by atoms with van der Waals surface area (Å²) in [5.74, 6) is 1.35. The number of amides is 1. The average Bonchev–Trinajstić information content (AvgIpc) is 3.02. The predicted molar refractivity (Wildman–Crippen MR) is 107 cm³/mol. The maximum Gasteiger partial charge on any atom is 0.220 e. The van der Waals surface area contributed by atoms with Crippen molar-refractivity contribution in [3.05, 3.63) is 15.6 Å². The zero-order valence-electron chi connectivity index (χ0n) is 15.3. The molecule has 1 aliphatic carbocycles. The van der Waals surface area contributed by atoms with E-state index in [9.17, 15) is 4.79 Å². The predicted octanol–water partition coefficient (Wildman–Crippen LogP) is 3.52. The Kier molecular flexibility index (Phi) is 8.67. The number of piperidine rings is 1. The second kappa shape index (κ2) is 10.5. The molecule has 142 valence electrons. The quantitative estimate of drug-likeness (QED) is 0.706. The van der Waals surface area contributed by atoms with Crippen molar-refractivity contribution in [2.24, 2.45) is 11.8 Å². The van der Waals surface area contributed by atoms with E-state index in [0.29, 0.717) is 18.3 Å². The summed E-state index contributed by atoms with van der Waals surface area (Å²) in [5, 5.41) is 7.81. The van der Waals surface area contributed by atoms with E-state index in [1.165, 1.54) is 47.7 Å². The number of hydrogen-bond acceptors (Lipinski definition) is 4. The first-order chi connectivity index (χ1) is 11.7. The molecular weight excluding hydrogens is 354 g/mol. The van der Waals surface area contributed by atoms with Crippen molar-refractivity contribution in [3.63, 3.8) is 0 Å². The van der Waals surface area contributed by atoms with Crippen molar-refractivity contribution >= 4 is 29.7 Å². The summed E-state index contributed by atoms with van der Waals surface area (Å²) in [4.78, 5) is 18.4. The number of hydrogen-bond donors (Lipinski definition) is 2.